The molecule has 0 aliphatic heterocycles. The zero-order valence-electron chi connectivity index (χ0n) is 23.2. The van der Waals surface area contributed by atoms with Crippen LogP contribution in [0.2, 0.25) is 0 Å². The smallest absolute Gasteiger partial charge is 0.223 e. The lowest BCUT2D eigenvalue weighted by Gasteiger charge is -2.35. The molecule has 1 aliphatic carbocycles. The molecule has 0 unspecified atom stereocenters. The van der Waals surface area contributed by atoms with Gasteiger partial charge in [0.2, 0.25) is 11.8 Å². The number of aliphatic hydroxyl groups excluding tert-OH is 2. The maximum Gasteiger partial charge on any atom is 0.223 e. The van der Waals surface area contributed by atoms with Gasteiger partial charge < -0.3 is 26.0 Å². The molecule has 6 atom stereocenters. The molecule has 4 rings (SSSR count). The van der Waals surface area contributed by atoms with Gasteiger partial charge in [-0.3, -0.25) is 4.79 Å². The Kier molecular flexibility index (Phi) is 10.3. The number of nitrogens with two attached hydrogens (primary N) is 1. The topological polar surface area (TPSA) is 118 Å². The zero-order chi connectivity index (χ0) is 28.6. The van der Waals surface area contributed by atoms with Crippen LogP contribution in [0.1, 0.15) is 43.7 Å². The number of amides is 1. The third kappa shape index (κ3) is 7.65. The predicted molar refractivity (Wildman–Crippen MR) is 153 cm³/mol. The number of aliphatic hydroxyl groups is 2. The Balaban J connectivity index is 1.42. The minimum atomic E-state index is -0.985. The van der Waals surface area contributed by atoms with Crippen molar-refractivity contribution in [2.75, 3.05) is 7.11 Å². The molecule has 1 amide bonds. The second kappa shape index (κ2) is 13.8. The van der Waals surface area contributed by atoms with Crippen molar-refractivity contribution in [1.29, 1.82) is 0 Å². The van der Waals surface area contributed by atoms with E-state index >= 15 is 0 Å². The van der Waals surface area contributed by atoms with Crippen molar-refractivity contribution in [3.05, 3.63) is 83.8 Å². The molecule has 0 spiro atoms. The van der Waals surface area contributed by atoms with Gasteiger partial charge in [-0.25, -0.2) is 9.37 Å². The first-order valence-corrected chi connectivity index (χ1v) is 14.0. The fourth-order valence-corrected chi connectivity index (χ4v) is 5.50. The fraction of sp³-hybridized carbons (Fsp3) is 0.438. The summed E-state index contributed by atoms with van der Waals surface area (Å²) in [7, 11) is 1.57. The number of hydrogen-bond donors (Lipinski definition) is 4. The number of rotatable bonds is 11. The molecule has 5 N–H and O–H groups in total. The maximum absolute atomic E-state index is 14.5. The van der Waals surface area contributed by atoms with Gasteiger partial charge >= 0.3 is 0 Å². The van der Waals surface area contributed by atoms with Gasteiger partial charge in [0, 0.05) is 29.8 Å². The van der Waals surface area contributed by atoms with Crippen LogP contribution in [-0.2, 0) is 17.6 Å². The van der Waals surface area contributed by atoms with Gasteiger partial charge in [0.15, 0.2) is 0 Å². The van der Waals surface area contributed by atoms with Crippen LogP contribution in [0.15, 0.2) is 66.9 Å². The summed E-state index contributed by atoms with van der Waals surface area (Å²) in [6.07, 6.45) is 3.23. The van der Waals surface area contributed by atoms with Gasteiger partial charge in [0.25, 0.3) is 0 Å². The summed E-state index contributed by atoms with van der Waals surface area (Å²) in [4.78, 5) is 17.7. The van der Waals surface area contributed by atoms with E-state index in [-0.39, 0.29) is 30.7 Å². The lowest BCUT2D eigenvalue weighted by molar-refractivity contribution is -0.128. The van der Waals surface area contributed by atoms with Crippen LogP contribution in [-0.4, -0.2) is 52.5 Å². The number of pyridine rings is 1. The van der Waals surface area contributed by atoms with Crippen LogP contribution in [0.25, 0.3) is 11.1 Å². The molecule has 1 fully saturated rings. The van der Waals surface area contributed by atoms with Crippen molar-refractivity contribution in [3.8, 4) is 17.0 Å². The number of nitrogens with zero attached hydrogens (tertiary/aromatic N) is 1. The molecular weight excluding hydrogens is 509 g/mol. The van der Waals surface area contributed by atoms with Crippen LogP contribution in [0.4, 0.5) is 4.39 Å². The maximum atomic E-state index is 14.5. The Labute approximate surface area is 235 Å². The Morgan fingerprint density at radius 3 is 2.48 bits per heavy atom. The van der Waals surface area contributed by atoms with Gasteiger partial charge in [-0.05, 0) is 66.8 Å². The lowest BCUT2D eigenvalue weighted by Crippen LogP contribution is -2.52. The Morgan fingerprint density at radius 1 is 1.10 bits per heavy atom. The summed E-state index contributed by atoms with van der Waals surface area (Å²) in [5.74, 6) is -0.719. The molecule has 40 heavy (non-hydrogen) atoms. The molecular formula is C32H40FN3O4. The second-order valence-corrected chi connectivity index (χ2v) is 11.0. The van der Waals surface area contributed by atoms with Crippen molar-refractivity contribution in [1.82, 2.24) is 10.3 Å². The summed E-state index contributed by atoms with van der Waals surface area (Å²) in [6.45, 7) is 2.01. The molecule has 8 heteroatoms. The summed E-state index contributed by atoms with van der Waals surface area (Å²) in [5, 5.41) is 24.6. The number of methoxy groups -OCH3 is 1. The van der Waals surface area contributed by atoms with Crippen molar-refractivity contribution < 1.29 is 24.1 Å². The SMILES string of the molecule is COc1ccc(-c2ccc(C[C@H](N)[C@@H](O)C[C@@H](Cc3ccccc3F)C(=O)N[C@H]3[C@H](C)CCC[C@H]3O)cc2)cn1. The molecule has 2 aromatic carbocycles. The number of nitrogens with one attached hydrogen (secondary N) is 1. The summed E-state index contributed by atoms with van der Waals surface area (Å²) >= 11 is 0. The molecule has 214 valence electrons. The molecule has 1 aliphatic rings. The van der Waals surface area contributed by atoms with Gasteiger partial charge in [-0.1, -0.05) is 55.8 Å². The number of carbonyl (C=O) groups is 1. The van der Waals surface area contributed by atoms with Crippen LogP contribution in [0.3, 0.4) is 0 Å². The second-order valence-electron chi connectivity index (χ2n) is 11.0. The third-order valence-corrected chi connectivity index (χ3v) is 8.02. The molecule has 3 aromatic rings. The van der Waals surface area contributed by atoms with E-state index in [1.54, 1.807) is 37.6 Å². The highest BCUT2D eigenvalue weighted by Crippen LogP contribution is 2.27. The van der Waals surface area contributed by atoms with E-state index in [1.807, 2.05) is 37.3 Å². The highest BCUT2D eigenvalue weighted by Gasteiger charge is 2.34. The van der Waals surface area contributed by atoms with E-state index in [0.717, 1.165) is 29.5 Å². The standard InChI is InChI=1S/C32H40FN3O4/c1-20-6-5-9-28(37)31(20)36-32(39)25(17-23-7-3-4-8-26(23)33)18-29(38)27(34)16-21-10-12-22(13-11-21)24-14-15-30(40-2)35-19-24/h3-4,7-8,10-15,19-20,25,27-29,31,37-38H,5-6,9,16-18,34H2,1-2H3,(H,36,39)/t20-,25-,27+,28-,29+,31+/m1/s1. The quantitative estimate of drug-likeness (QED) is 0.287. The number of hydrogen-bond acceptors (Lipinski definition) is 6. The van der Waals surface area contributed by atoms with Crippen molar-refractivity contribution in [2.45, 2.75) is 69.7 Å². The summed E-state index contributed by atoms with van der Waals surface area (Å²) < 4.78 is 19.6. The van der Waals surface area contributed by atoms with Crippen molar-refractivity contribution in [3.63, 3.8) is 0 Å². The molecule has 1 aromatic heterocycles. The Morgan fingerprint density at radius 2 is 1.82 bits per heavy atom. The van der Waals surface area contributed by atoms with Crippen LogP contribution in [0, 0.1) is 17.7 Å². The minimum Gasteiger partial charge on any atom is -0.481 e. The minimum absolute atomic E-state index is 0.0775. The largest absolute Gasteiger partial charge is 0.481 e. The average molecular weight is 550 g/mol. The lowest BCUT2D eigenvalue weighted by atomic mass is 9.82. The first kappa shape index (κ1) is 29.6. The zero-order valence-corrected chi connectivity index (χ0v) is 23.2. The highest BCUT2D eigenvalue weighted by molar-refractivity contribution is 5.79. The van der Waals surface area contributed by atoms with Crippen molar-refractivity contribution in [2.24, 2.45) is 17.6 Å². The van der Waals surface area contributed by atoms with E-state index in [1.165, 1.54) is 6.07 Å². The fourth-order valence-electron chi connectivity index (χ4n) is 5.50. The predicted octanol–water partition coefficient (Wildman–Crippen LogP) is 4.04. The van der Waals surface area contributed by atoms with E-state index in [4.69, 9.17) is 10.5 Å². The number of carbonyl (C=O) groups excluding carboxylic acids is 1. The Bertz CT molecular complexity index is 1230. The van der Waals surface area contributed by atoms with E-state index in [9.17, 15) is 19.4 Å². The first-order valence-electron chi connectivity index (χ1n) is 14.0. The number of aromatic nitrogens is 1. The van der Waals surface area contributed by atoms with Crippen LogP contribution in [0.5, 0.6) is 5.88 Å². The molecule has 0 bridgehead atoms. The van der Waals surface area contributed by atoms with Crippen LogP contribution >= 0.6 is 0 Å². The van der Waals surface area contributed by atoms with Gasteiger partial charge in [0.1, 0.15) is 5.82 Å². The first-order chi connectivity index (χ1) is 19.2. The van der Waals surface area contributed by atoms with Crippen LogP contribution < -0.4 is 15.8 Å². The van der Waals surface area contributed by atoms with E-state index < -0.39 is 30.0 Å². The number of ether oxygens (including phenoxy) is 1. The number of halogens is 1. The summed E-state index contributed by atoms with van der Waals surface area (Å²) in [5.41, 5.74) is 9.72. The van der Waals surface area contributed by atoms with Crippen molar-refractivity contribution >= 4 is 5.91 Å². The Hall–Kier alpha value is -3.33. The molecule has 0 saturated heterocycles. The van der Waals surface area contributed by atoms with Gasteiger partial charge in [-0.2, -0.15) is 0 Å². The van der Waals surface area contributed by atoms with E-state index in [0.29, 0.717) is 24.3 Å². The molecule has 0 radical (unpaired) electrons. The van der Waals surface area contributed by atoms with E-state index in [2.05, 4.69) is 10.3 Å². The normalized spacial score (nSPS) is 21.3. The molecule has 1 saturated carbocycles. The summed E-state index contributed by atoms with van der Waals surface area (Å²) in [6, 6.07) is 17.0. The van der Waals surface area contributed by atoms with Gasteiger partial charge in [0.05, 0.1) is 25.4 Å². The molecule has 1 heterocycles. The average Bonchev–Trinajstić information content (AvgIpc) is 2.96. The molecule has 7 nitrogen and oxygen atoms in total. The third-order valence-electron chi connectivity index (χ3n) is 8.02. The number of benzene rings is 2. The monoisotopic (exact) mass is 549 g/mol. The van der Waals surface area contributed by atoms with Gasteiger partial charge in [-0.15, -0.1) is 0 Å². The highest BCUT2D eigenvalue weighted by atomic mass is 19.1.